The number of benzene rings is 2. The third-order valence-corrected chi connectivity index (χ3v) is 2.88. The Bertz CT molecular complexity index is 561. The van der Waals surface area contributed by atoms with Gasteiger partial charge in [0.25, 0.3) is 0 Å². The van der Waals surface area contributed by atoms with E-state index in [1.807, 2.05) is 36.4 Å². The minimum Gasteiger partial charge on any atom is -0.399 e. The zero-order valence-electron chi connectivity index (χ0n) is 11.5. The number of guanidine groups is 1. The molecule has 114 valence electrons. The summed E-state index contributed by atoms with van der Waals surface area (Å²) in [6, 6.07) is 15.9. The van der Waals surface area contributed by atoms with Crippen molar-refractivity contribution in [1.29, 1.82) is 0 Å². The first-order chi connectivity index (χ1) is 9.13. The normalized spacial score (nSPS) is 9.14. The summed E-state index contributed by atoms with van der Waals surface area (Å²) in [6.07, 6.45) is 1.97. The summed E-state index contributed by atoms with van der Waals surface area (Å²) < 4.78 is 0. The molecule has 0 saturated carbocycles. The van der Waals surface area contributed by atoms with Gasteiger partial charge in [0.15, 0.2) is 5.96 Å². The Hall–Kier alpha value is -1.91. The van der Waals surface area contributed by atoms with Gasteiger partial charge in [0, 0.05) is 5.69 Å². The predicted molar refractivity (Wildman–Crippen MR) is 94.7 cm³/mol. The first-order valence-electron chi connectivity index (χ1n) is 6.16. The third kappa shape index (κ3) is 6.38. The molecule has 4 nitrogen and oxygen atoms in total. The van der Waals surface area contributed by atoms with E-state index in [-0.39, 0.29) is 30.8 Å². The van der Waals surface area contributed by atoms with Gasteiger partial charge in [0.2, 0.25) is 0 Å². The number of halogens is 2. The van der Waals surface area contributed by atoms with Gasteiger partial charge in [0.1, 0.15) is 0 Å². The van der Waals surface area contributed by atoms with E-state index >= 15 is 0 Å². The van der Waals surface area contributed by atoms with Crippen molar-refractivity contribution < 1.29 is 0 Å². The molecule has 0 atom stereocenters. The SMILES string of the molecule is Cl.Cl.NC(N)=Nc1ccc(CCc2ccc(N)cc2)cc1. The second kappa shape index (κ2) is 9.10. The van der Waals surface area contributed by atoms with Gasteiger partial charge in [-0.05, 0) is 48.2 Å². The van der Waals surface area contributed by atoms with E-state index in [0.717, 1.165) is 24.2 Å². The number of anilines is 1. The molecule has 2 aromatic carbocycles. The Morgan fingerprint density at radius 1 is 0.762 bits per heavy atom. The third-order valence-electron chi connectivity index (χ3n) is 2.88. The lowest BCUT2D eigenvalue weighted by atomic mass is 10.0. The predicted octanol–water partition coefficient (Wildman–Crippen LogP) is 2.80. The molecule has 0 amide bonds. The first-order valence-corrected chi connectivity index (χ1v) is 6.16. The molecule has 0 bridgehead atoms. The molecular weight excluding hydrogens is 307 g/mol. The molecule has 6 heteroatoms. The van der Waals surface area contributed by atoms with Crippen LogP contribution in [-0.2, 0) is 12.8 Å². The fourth-order valence-corrected chi connectivity index (χ4v) is 1.86. The van der Waals surface area contributed by atoms with Crippen molar-refractivity contribution in [3.63, 3.8) is 0 Å². The van der Waals surface area contributed by atoms with Crippen LogP contribution in [0.4, 0.5) is 11.4 Å². The van der Waals surface area contributed by atoms with E-state index < -0.39 is 0 Å². The van der Waals surface area contributed by atoms with E-state index in [2.05, 4.69) is 17.1 Å². The summed E-state index contributed by atoms with van der Waals surface area (Å²) in [5.74, 6) is 0.0784. The van der Waals surface area contributed by atoms with Crippen molar-refractivity contribution in [3.8, 4) is 0 Å². The van der Waals surface area contributed by atoms with Gasteiger partial charge < -0.3 is 17.2 Å². The molecule has 0 spiro atoms. The van der Waals surface area contributed by atoms with Gasteiger partial charge in [-0.15, -0.1) is 24.8 Å². The highest BCUT2D eigenvalue weighted by molar-refractivity contribution is 5.85. The van der Waals surface area contributed by atoms with Crippen molar-refractivity contribution in [2.45, 2.75) is 12.8 Å². The van der Waals surface area contributed by atoms with Gasteiger partial charge in [-0.25, -0.2) is 4.99 Å². The molecule has 0 aromatic heterocycles. The smallest absolute Gasteiger partial charge is 0.191 e. The zero-order chi connectivity index (χ0) is 13.7. The molecule has 21 heavy (non-hydrogen) atoms. The van der Waals surface area contributed by atoms with Gasteiger partial charge in [0.05, 0.1) is 5.69 Å². The maximum absolute atomic E-state index is 5.66. The van der Waals surface area contributed by atoms with Crippen LogP contribution in [0.15, 0.2) is 53.5 Å². The quantitative estimate of drug-likeness (QED) is 0.458. The lowest BCUT2D eigenvalue weighted by Gasteiger charge is -2.03. The number of aryl methyl sites for hydroxylation is 2. The maximum Gasteiger partial charge on any atom is 0.191 e. The molecule has 0 fully saturated rings. The van der Waals surface area contributed by atoms with Crippen LogP contribution in [-0.4, -0.2) is 5.96 Å². The second-order valence-corrected chi connectivity index (χ2v) is 4.44. The van der Waals surface area contributed by atoms with Crippen molar-refractivity contribution in [2.75, 3.05) is 5.73 Å². The Morgan fingerprint density at radius 3 is 1.62 bits per heavy atom. The van der Waals surface area contributed by atoms with Crippen molar-refractivity contribution in [3.05, 3.63) is 59.7 Å². The van der Waals surface area contributed by atoms with Crippen LogP contribution >= 0.6 is 24.8 Å². The Morgan fingerprint density at radius 2 is 1.19 bits per heavy atom. The Kier molecular flexibility index (Phi) is 8.28. The van der Waals surface area contributed by atoms with E-state index in [1.165, 1.54) is 11.1 Å². The standard InChI is InChI=1S/C15H18N4.2ClH/c16-13-7-3-11(4-8-13)1-2-12-5-9-14(10-6-12)19-15(17)18;;/h3-10H,1-2,16H2,(H4,17,18,19);2*1H. The van der Waals surface area contributed by atoms with Crippen LogP contribution in [0, 0.1) is 0 Å². The van der Waals surface area contributed by atoms with Crippen molar-refractivity contribution in [2.24, 2.45) is 16.5 Å². The van der Waals surface area contributed by atoms with Gasteiger partial charge in [-0.1, -0.05) is 24.3 Å². The molecule has 0 aliphatic carbocycles. The molecule has 0 heterocycles. The van der Waals surface area contributed by atoms with Crippen LogP contribution in [0.1, 0.15) is 11.1 Å². The highest BCUT2D eigenvalue weighted by Crippen LogP contribution is 2.15. The number of nitrogens with two attached hydrogens (primary N) is 3. The molecule has 0 unspecified atom stereocenters. The number of hydrogen-bond donors (Lipinski definition) is 3. The number of hydrogen-bond acceptors (Lipinski definition) is 2. The van der Waals surface area contributed by atoms with Gasteiger partial charge >= 0.3 is 0 Å². The minimum atomic E-state index is 0. The maximum atomic E-state index is 5.66. The number of nitrogen functional groups attached to an aromatic ring is 1. The number of aliphatic imine (C=N–C) groups is 1. The van der Waals surface area contributed by atoms with Gasteiger partial charge in [-0.2, -0.15) is 0 Å². The molecule has 0 aliphatic heterocycles. The van der Waals surface area contributed by atoms with E-state index in [0.29, 0.717) is 0 Å². The van der Waals surface area contributed by atoms with E-state index in [4.69, 9.17) is 17.2 Å². The molecule has 2 aromatic rings. The van der Waals surface area contributed by atoms with Gasteiger partial charge in [-0.3, -0.25) is 0 Å². The fraction of sp³-hybridized carbons (Fsp3) is 0.133. The summed E-state index contributed by atoms with van der Waals surface area (Å²) in [6.45, 7) is 0. The second-order valence-electron chi connectivity index (χ2n) is 4.44. The van der Waals surface area contributed by atoms with E-state index in [9.17, 15) is 0 Å². The lowest BCUT2D eigenvalue weighted by molar-refractivity contribution is 0.960. The molecule has 0 saturated heterocycles. The Labute approximate surface area is 137 Å². The summed E-state index contributed by atoms with van der Waals surface area (Å²) in [4.78, 5) is 3.99. The molecular formula is C15H20Cl2N4. The Balaban J connectivity index is 0.00000200. The highest BCUT2D eigenvalue weighted by Gasteiger charge is 1.97. The average molecular weight is 327 g/mol. The van der Waals surface area contributed by atoms with Crippen molar-refractivity contribution in [1.82, 2.24) is 0 Å². The first kappa shape index (κ1) is 19.1. The number of rotatable bonds is 4. The van der Waals surface area contributed by atoms with Crippen LogP contribution in [0.3, 0.4) is 0 Å². The average Bonchev–Trinajstić information content (AvgIpc) is 2.39. The largest absolute Gasteiger partial charge is 0.399 e. The van der Waals surface area contributed by atoms with Crippen LogP contribution in [0.25, 0.3) is 0 Å². The van der Waals surface area contributed by atoms with Crippen LogP contribution in [0.5, 0.6) is 0 Å². The fourth-order valence-electron chi connectivity index (χ4n) is 1.86. The summed E-state index contributed by atoms with van der Waals surface area (Å²) in [5.41, 5.74) is 20.4. The van der Waals surface area contributed by atoms with Crippen LogP contribution < -0.4 is 17.2 Å². The zero-order valence-corrected chi connectivity index (χ0v) is 13.2. The summed E-state index contributed by atoms with van der Waals surface area (Å²) >= 11 is 0. The van der Waals surface area contributed by atoms with E-state index in [1.54, 1.807) is 0 Å². The summed E-state index contributed by atoms with van der Waals surface area (Å²) in [7, 11) is 0. The highest BCUT2D eigenvalue weighted by atomic mass is 35.5. The molecule has 6 N–H and O–H groups in total. The lowest BCUT2D eigenvalue weighted by Crippen LogP contribution is -2.21. The molecule has 2 rings (SSSR count). The summed E-state index contributed by atoms with van der Waals surface area (Å²) in [5, 5.41) is 0. The minimum absolute atomic E-state index is 0. The molecule has 0 radical (unpaired) electrons. The topological polar surface area (TPSA) is 90.4 Å². The molecule has 0 aliphatic rings. The van der Waals surface area contributed by atoms with Crippen LogP contribution in [0.2, 0.25) is 0 Å². The monoisotopic (exact) mass is 326 g/mol. The van der Waals surface area contributed by atoms with Crippen molar-refractivity contribution >= 4 is 42.1 Å². The number of nitrogens with zero attached hydrogens (tertiary/aromatic N) is 1.